The average Bonchev–Trinajstić information content (AvgIpc) is 2.55. The van der Waals surface area contributed by atoms with E-state index in [1.807, 2.05) is 0 Å². The summed E-state index contributed by atoms with van der Waals surface area (Å²) in [5.41, 5.74) is -0.124. The molecular formula is C18H22F4O2. The van der Waals surface area contributed by atoms with Gasteiger partial charge in [0.05, 0.1) is 0 Å². The topological polar surface area (TPSA) is 37.3 Å². The second kappa shape index (κ2) is 7.11. The molecule has 0 atom stereocenters. The average molecular weight is 346 g/mol. The number of carbonyl (C=O) groups is 1. The first-order chi connectivity index (χ1) is 11.2. The Bertz CT molecular complexity index is 561. The minimum absolute atomic E-state index is 0.251. The molecule has 0 bridgehead atoms. The lowest BCUT2D eigenvalue weighted by atomic mass is 9.77. The molecule has 24 heavy (non-hydrogen) atoms. The van der Waals surface area contributed by atoms with Crippen LogP contribution in [0.2, 0.25) is 0 Å². The van der Waals surface area contributed by atoms with Gasteiger partial charge in [-0.3, -0.25) is 0 Å². The van der Waals surface area contributed by atoms with E-state index in [0.717, 1.165) is 49.8 Å². The van der Waals surface area contributed by atoms with Gasteiger partial charge >= 0.3 is 17.8 Å². The van der Waals surface area contributed by atoms with Gasteiger partial charge in [0.25, 0.3) is 0 Å². The van der Waals surface area contributed by atoms with Gasteiger partial charge < -0.3 is 5.11 Å². The van der Waals surface area contributed by atoms with Crippen molar-refractivity contribution in [3.05, 3.63) is 35.4 Å². The maximum absolute atomic E-state index is 13.8. The Kier molecular flexibility index (Phi) is 5.56. The highest BCUT2D eigenvalue weighted by atomic mass is 19.3. The molecule has 0 spiro atoms. The number of aliphatic carboxylic acids is 1. The van der Waals surface area contributed by atoms with Crippen LogP contribution in [0.15, 0.2) is 24.3 Å². The van der Waals surface area contributed by atoms with Gasteiger partial charge in [-0.05, 0) is 43.1 Å². The fraction of sp³-hybridized carbons (Fsp3) is 0.611. The van der Waals surface area contributed by atoms with Gasteiger partial charge in [0.2, 0.25) is 0 Å². The largest absolute Gasteiger partial charge is 0.477 e. The van der Waals surface area contributed by atoms with E-state index in [2.05, 4.69) is 6.92 Å². The Hall–Kier alpha value is -1.59. The van der Waals surface area contributed by atoms with Crippen molar-refractivity contribution >= 4 is 5.97 Å². The summed E-state index contributed by atoms with van der Waals surface area (Å²) in [5.74, 6) is -11.7. The van der Waals surface area contributed by atoms with Crippen LogP contribution in [0, 0.1) is 5.92 Å². The standard InChI is InChI=1S/C18H22F4O2/c1-2-3-12-4-6-13(7-5-12)14-8-10-15(11-9-14)17(19,20)18(21,22)16(23)24/h8-13H,2-7H2,1H3,(H,23,24)/t12-,13-. The molecule has 0 amide bonds. The van der Waals surface area contributed by atoms with Crippen molar-refractivity contribution in [1.29, 1.82) is 0 Å². The second-order valence-electron chi connectivity index (χ2n) is 6.58. The summed E-state index contributed by atoms with van der Waals surface area (Å²) in [7, 11) is 0. The van der Waals surface area contributed by atoms with Crippen LogP contribution in [0.4, 0.5) is 17.6 Å². The van der Waals surface area contributed by atoms with Crippen LogP contribution in [0.3, 0.4) is 0 Å². The van der Waals surface area contributed by atoms with Crippen molar-refractivity contribution in [2.75, 3.05) is 0 Å². The highest BCUT2D eigenvalue weighted by molar-refractivity contribution is 5.77. The van der Waals surface area contributed by atoms with Crippen molar-refractivity contribution in [2.24, 2.45) is 5.92 Å². The molecule has 6 heteroatoms. The molecule has 0 saturated heterocycles. The zero-order valence-corrected chi connectivity index (χ0v) is 13.6. The number of carboxylic acid groups (broad SMARTS) is 1. The molecule has 134 valence electrons. The molecule has 1 aromatic carbocycles. The Morgan fingerprint density at radius 1 is 1.08 bits per heavy atom. The first-order valence-corrected chi connectivity index (χ1v) is 8.29. The SMILES string of the molecule is CCC[C@H]1CC[C@H](c2ccc(C(F)(F)C(F)(F)C(=O)O)cc2)CC1. The number of alkyl halides is 4. The highest BCUT2D eigenvalue weighted by Gasteiger charge is 2.63. The molecule has 1 N–H and O–H groups in total. The molecule has 1 aliphatic carbocycles. The van der Waals surface area contributed by atoms with Crippen LogP contribution in [0.1, 0.15) is 62.5 Å². The quantitative estimate of drug-likeness (QED) is 0.684. The Morgan fingerprint density at radius 3 is 2.08 bits per heavy atom. The van der Waals surface area contributed by atoms with E-state index in [-0.39, 0.29) is 5.92 Å². The highest BCUT2D eigenvalue weighted by Crippen LogP contribution is 2.44. The summed E-state index contributed by atoms with van der Waals surface area (Å²) in [6, 6.07) is 4.69. The van der Waals surface area contributed by atoms with Gasteiger partial charge in [-0.25, -0.2) is 4.79 Å². The third kappa shape index (κ3) is 3.57. The van der Waals surface area contributed by atoms with E-state index in [1.54, 1.807) is 0 Å². The molecule has 1 aliphatic rings. The minimum atomic E-state index is -5.13. The monoisotopic (exact) mass is 346 g/mol. The second-order valence-corrected chi connectivity index (χ2v) is 6.58. The van der Waals surface area contributed by atoms with E-state index in [1.165, 1.54) is 18.6 Å². The van der Waals surface area contributed by atoms with Crippen LogP contribution >= 0.6 is 0 Å². The van der Waals surface area contributed by atoms with Gasteiger partial charge in [0.1, 0.15) is 0 Å². The molecule has 2 rings (SSSR count). The third-order valence-corrected chi connectivity index (χ3v) is 4.95. The molecule has 0 aliphatic heterocycles. The summed E-state index contributed by atoms with van der Waals surface area (Å²) in [5, 5.41) is 8.34. The van der Waals surface area contributed by atoms with Crippen molar-refractivity contribution in [2.45, 2.75) is 63.2 Å². The van der Waals surface area contributed by atoms with Crippen LogP contribution < -0.4 is 0 Å². The van der Waals surface area contributed by atoms with Gasteiger partial charge in [-0.1, -0.05) is 44.0 Å². The number of benzene rings is 1. The third-order valence-electron chi connectivity index (χ3n) is 4.95. The maximum Gasteiger partial charge on any atom is 0.408 e. The van der Waals surface area contributed by atoms with Gasteiger partial charge in [-0.2, -0.15) is 17.6 Å². The van der Waals surface area contributed by atoms with E-state index < -0.39 is 23.4 Å². The molecule has 1 saturated carbocycles. The van der Waals surface area contributed by atoms with Crippen LogP contribution in [-0.4, -0.2) is 17.0 Å². The van der Waals surface area contributed by atoms with E-state index in [0.29, 0.717) is 5.92 Å². The molecule has 0 radical (unpaired) electrons. The number of halogens is 4. The van der Waals surface area contributed by atoms with Gasteiger partial charge in [-0.15, -0.1) is 0 Å². The van der Waals surface area contributed by atoms with Crippen molar-refractivity contribution < 1.29 is 27.5 Å². The van der Waals surface area contributed by atoms with E-state index >= 15 is 0 Å². The predicted molar refractivity (Wildman–Crippen MR) is 82.5 cm³/mol. The summed E-state index contributed by atoms with van der Waals surface area (Å²) in [6.07, 6.45) is 6.46. The number of hydrogen-bond acceptors (Lipinski definition) is 1. The van der Waals surface area contributed by atoms with Crippen molar-refractivity contribution in [3.8, 4) is 0 Å². The first kappa shape index (κ1) is 18.7. The van der Waals surface area contributed by atoms with Crippen LogP contribution in [0.5, 0.6) is 0 Å². The Morgan fingerprint density at radius 2 is 1.62 bits per heavy atom. The lowest BCUT2D eigenvalue weighted by Gasteiger charge is -2.29. The molecule has 0 heterocycles. The van der Waals surface area contributed by atoms with Crippen molar-refractivity contribution in [1.82, 2.24) is 0 Å². The smallest absolute Gasteiger partial charge is 0.408 e. The lowest BCUT2D eigenvalue weighted by molar-refractivity contribution is -0.228. The Balaban J connectivity index is 2.10. The van der Waals surface area contributed by atoms with E-state index in [4.69, 9.17) is 5.11 Å². The van der Waals surface area contributed by atoms with Gasteiger partial charge in [0.15, 0.2) is 0 Å². The maximum atomic E-state index is 13.8. The molecule has 1 aromatic rings. The van der Waals surface area contributed by atoms with Crippen molar-refractivity contribution in [3.63, 3.8) is 0 Å². The predicted octanol–water partition coefficient (Wildman–Crippen LogP) is 5.57. The molecule has 2 nitrogen and oxygen atoms in total. The summed E-state index contributed by atoms with van der Waals surface area (Å²) >= 11 is 0. The molecule has 1 fully saturated rings. The number of rotatable bonds is 6. The summed E-state index contributed by atoms with van der Waals surface area (Å²) in [6.45, 7) is 2.15. The minimum Gasteiger partial charge on any atom is -0.477 e. The molecule has 0 aromatic heterocycles. The summed E-state index contributed by atoms with van der Waals surface area (Å²) < 4.78 is 54.0. The zero-order chi connectivity index (χ0) is 18.0. The fourth-order valence-corrected chi connectivity index (χ4v) is 3.47. The van der Waals surface area contributed by atoms with Crippen LogP contribution in [-0.2, 0) is 10.7 Å². The summed E-state index contributed by atoms with van der Waals surface area (Å²) in [4.78, 5) is 10.4. The van der Waals surface area contributed by atoms with Gasteiger partial charge in [0, 0.05) is 5.56 Å². The fourth-order valence-electron chi connectivity index (χ4n) is 3.47. The van der Waals surface area contributed by atoms with E-state index in [9.17, 15) is 22.4 Å². The lowest BCUT2D eigenvalue weighted by Crippen LogP contribution is -2.44. The molecule has 0 unspecified atom stereocenters. The Labute approximate surface area is 138 Å². The number of hydrogen-bond donors (Lipinski definition) is 1. The normalized spacial score (nSPS) is 22.4. The first-order valence-electron chi connectivity index (χ1n) is 8.29. The zero-order valence-electron chi connectivity index (χ0n) is 13.6. The number of carboxylic acids is 1. The van der Waals surface area contributed by atoms with Crippen LogP contribution in [0.25, 0.3) is 0 Å². The molecular weight excluding hydrogens is 324 g/mol.